The van der Waals surface area contributed by atoms with E-state index in [9.17, 15) is 0 Å². The highest BCUT2D eigenvalue weighted by Gasteiger charge is 2.26. The molecule has 1 fully saturated rings. The molecule has 20 heavy (non-hydrogen) atoms. The second-order valence-electron chi connectivity index (χ2n) is 5.64. The zero-order valence-corrected chi connectivity index (χ0v) is 12.9. The first-order valence-corrected chi connectivity index (χ1v) is 7.86. The fraction of sp³-hybridized carbons (Fsp3) is 0.562. The first kappa shape index (κ1) is 13.9. The van der Waals surface area contributed by atoms with Crippen molar-refractivity contribution in [2.45, 2.75) is 39.3 Å². The van der Waals surface area contributed by atoms with Crippen molar-refractivity contribution in [2.24, 2.45) is 5.92 Å². The number of para-hydroxylation sites is 1. The van der Waals surface area contributed by atoms with Crippen molar-refractivity contribution in [2.75, 3.05) is 12.5 Å². The van der Waals surface area contributed by atoms with Crippen LogP contribution in [0.3, 0.4) is 0 Å². The third-order valence-corrected chi connectivity index (χ3v) is 4.52. The molecule has 2 aromatic rings. The standard InChI is InChI=1S/C16H21ClN2O/c1-11-4-3-5-14-16(11)18-15(6-8-17)19(14)10-13-7-9-20-12(13)2/h3-5,12-13H,6-10H2,1-2H3. The van der Waals surface area contributed by atoms with Crippen LogP contribution in [0.25, 0.3) is 11.0 Å². The molecular weight excluding hydrogens is 272 g/mol. The molecule has 0 aliphatic carbocycles. The Hall–Kier alpha value is -1.06. The minimum absolute atomic E-state index is 0.334. The Morgan fingerprint density at radius 2 is 2.30 bits per heavy atom. The minimum Gasteiger partial charge on any atom is -0.378 e. The highest BCUT2D eigenvalue weighted by atomic mass is 35.5. The second kappa shape index (κ2) is 5.74. The number of nitrogens with zero attached hydrogens (tertiary/aromatic N) is 2. The van der Waals surface area contributed by atoms with Gasteiger partial charge in [0.1, 0.15) is 5.82 Å². The van der Waals surface area contributed by atoms with Crippen molar-refractivity contribution in [1.29, 1.82) is 0 Å². The fourth-order valence-corrected chi connectivity index (χ4v) is 3.23. The van der Waals surface area contributed by atoms with E-state index in [0.29, 0.717) is 17.9 Å². The molecule has 1 saturated heterocycles. The first-order valence-electron chi connectivity index (χ1n) is 7.33. The lowest BCUT2D eigenvalue weighted by Crippen LogP contribution is -2.19. The van der Waals surface area contributed by atoms with Gasteiger partial charge in [-0.2, -0.15) is 0 Å². The summed E-state index contributed by atoms with van der Waals surface area (Å²) in [5.74, 6) is 2.28. The van der Waals surface area contributed by atoms with Crippen LogP contribution in [0.1, 0.15) is 24.7 Å². The van der Waals surface area contributed by atoms with E-state index in [1.807, 2.05) is 0 Å². The van der Waals surface area contributed by atoms with Crippen LogP contribution in [0.15, 0.2) is 18.2 Å². The van der Waals surface area contributed by atoms with Crippen LogP contribution in [0.2, 0.25) is 0 Å². The molecule has 3 rings (SSSR count). The van der Waals surface area contributed by atoms with Gasteiger partial charge in [-0.3, -0.25) is 0 Å². The van der Waals surface area contributed by atoms with Gasteiger partial charge < -0.3 is 9.30 Å². The van der Waals surface area contributed by atoms with Gasteiger partial charge >= 0.3 is 0 Å². The summed E-state index contributed by atoms with van der Waals surface area (Å²) in [6.45, 7) is 6.14. The normalized spacial score (nSPS) is 22.8. The number of aromatic nitrogens is 2. The predicted octanol–water partition coefficient (Wildman–Crippen LogP) is 3.55. The van der Waals surface area contributed by atoms with Crippen LogP contribution in [0, 0.1) is 12.8 Å². The monoisotopic (exact) mass is 292 g/mol. The number of imidazole rings is 1. The number of aryl methyl sites for hydroxylation is 2. The van der Waals surface area contributed by atoms with E-state index in [0.717, 1.165) is 37.3 Å². The van der Waals surface area contributed by atoms with Gasteiger partial charge in [0.05, 0.1) is 17.1 Å². The Morgan fingerprint density at radius 3 is 3.00 bits per heavy atom. The predicted molar refractivity (Wildman–Crippen MR) is 82.4 cm³/mol. The maximum atomic E-state index is 5.94. The molecule has 2 atom stereocenters. The summed E-state index contributed by atoms with van der Waals surface area (Å²) in [6.07, 6.45) is 2.28. The van der Waals surface area contributed by atoms with E-state index < -0.39 is 0 Å². The molecule has 1 aliphatic heterocycles. The third kappa shape index (κ3) is 2.45. The lowest BCUT2D eigenvalue weighted by molar-refractivity contribution is 0.102. The molecule has 0 saturated carbocycles. The molecule has 0 spiro atoms. The average Bonchev–Trinajstić information content (AvgIpc) is 2.98. The van der Waals surface area contributed by atoms with E-state index >= 15 is 0 Å². The third-order valence-electron chi connectivity index (χ3n) is 4.33. The largest absolute Gasteiger partial charge is 0.378 e. The number of fused-ring (bicyclic) bond motifs is 1. The summed E-state index contributed by atoms with van der Waals surface area (Å²) in [5, 5.41) is 0. The summed E-state index contributed by atoms with van der Waals surface area (Å²) in [7, 11) is 0. The highest BCUT2D eigenvalue weighted by Crippen LogP contribution is 2.27. The van der Waals surface area contributed by atoms with E-state index in [1.165, 1.54) is 11.1 Å². The van der Waals surface area contributed by atoms with Crippen molar-refractivity contribution < 1.29 is 4.74 Å². The van der Waals surface area contributed by atoms with Gasteiger partial charge in [-0.15, -0.1) is 11.6 Å². The molecule has 1 aromatic heterocycles. The van der Waals surface area contributed by atoms with Crippen molar-refractivity contribution in [1.82, 2.24) is 9.55 Å². The fourth-order valence-electron chi connectivity index (χ4n) is 3.06. The maximum absolute atomic E-state index is 5.94. The summed E-state index contributed by atoms with van der Waals surface area (Å²) in [4.78, 5) is 4.81. The first-order chi connectivity index (χ1) is 9.70. The van der Waals surface area contributed by atoms with Crippen LogP contribution >= 0.6 is 11.6 Å². The summed E-state index contributed by atoms with van der Waals surface area (Å²) >= 11 is 5.94. The quantitative estimate of drug-likeness (QED) is 0.806. The molecule has 2 heterocycles. The van der Waals surface area contributed by atoms with Gasteiger partial charge in [-0.25, -0.2) is 4.98 Å². The maximum Gasteiger partial charge on any atom is 0.111 e. The number of benzene rings is 1. The van der Waals surface area contributed by atoms with Crippen LogP contribution in [0.4, 0.5) is 0 Å². The molecule has 1 aromatic carbocycles. The number of hydrogen-bond donors (Lipinski definition) is 0. The summed E-state index contributed by atoms with van der Waals surface area (Å²) in [6, 6.07) is 6.38. The summed E-state index contributed by atoms with van der Waals surface area (Å²) < 4.78 is 8.04. The Labute approximate surface area is 124 Å². The van der Waals surface area contributed by atoms with E-state index in [-0.39, 0.29) is 0 Å². The molecule has 0 radical (unpaired) electrons. The van der Waals surface area contributed by atoms with Crippen LogP contribution < -0.4 is 0 Å². The van der Waals surface area contributed by atoms with Gasteiger partial charge in [0, 0.05) is 31.4 Å². The SMILES string of the molecule is Cc1cccc2c1nc(CCCl)n2CC1CCOC1C. The Morgan fingerprint density at radius 1 is 1.45 bits per heavy atom. The van der Waals surface area contributed by atoms with Gasteiger partial charge in [0.25, 0.3) is 0 Å². The second-order valence-corrected chi connectivity index (χ2v) is 6.02. The lowest BCUT2D eigenvalue weighted by atomic mass is 10.0. The average molecular weight is 293 g/mol. The van der Waals surface area contributed by atoms with Crippen molar-refractivity contribution in [3.05, 3.63) is 29.6 Å². The molecule has 1 aliphatic rings. The van der Waals surface area contributed by atoms with Gasteiger partial charge in [0.2, 0.25) is 0 Å². The van der Waals surface area contributed by atoms with E-state index in [4.69, 9.17) is 21.3 Å². The lowest BCUT2D eigenvalue weighted by Gasteiger charge is -2.17. The highest BCUT2D eigenvalue weighted by molar-refractivity contribution is 6.17. The van der Waals surface area contributed by atoms with E-state index in [1.54, 1.807) is 0 Å². The summed E-state index contributed by atoms with van der Waals surface area (Å²) in [5.41, 5.74) is 3.57. The van der Waals surface area contributed by atoms with Crippen LogP contribution in [-0.2, 0) is 17.7 Å². The Balaban J connectivity index is 2.02. The van der Waals surface area contributed by atoms with E-state index in [2.05, 4.69) is 36.6 Å². The number of rotatable bonds is 4. The molecule has 4 heteroatoms. The minimum atomic E-state index is 0.334. The van der Waals surface area contributed by atoms with Crippen LogP contribution in [-0.4, -0.2) is 28.1 Å². The number of alkyl halides is 1. The van der Waals surface area contributed by atoms with Crippen molar-refractivity contribution >= 4 is 22.6 Å². The van der Waals surface area contributed by atoms with Gasteiger partial charge in [-0.05, 0) is 31.9 Å². The molecule has 3 nitrogen and oxygen atoms in total. The van der Waals surface area contributed by atoms with Gasteiger partial charge in [-0.1, -0.05) is 12.1 Å². The smallest absolute Gasteiger partial charge is 0.111 e. The Kier molecular flexibility index (Phi) is 3.99. The number of halogens is 1. The molecule has 0 amide bonds. The Bertz CT molecular complexity index is 608. The van der Waals surface area contributed by atoms with Gasteiger partial charge in [0.15, 0.2) is 0 Å². The van der Waals surface area contributed by atoms with Crippen LogP contribution in [0.5, 0.6) is 0 Å². The number of ether oxygens (including phenoxy) is 1. The molecule has 108 valence electrons. The molecule has 2 unspecified atom stereocenters. The topological polar surface area (TPSA) is 27.1 Å². The van der Waals surface area contributed by atoms with Crippen molar-refractivity contribution in [3.8, 4) is 0 Å². The zero-order chi connectivity index (χ0) is 14.1. The molecule has 0 N–H and O–H groups in total. The van der Waals surface area contributed by atoms with Crippen molar-refractivity contribution in [3.63, 3.8) is 0 Å². The number of hydrogen-bond acceptors (Lipinski definition) is 2. The molecule has 0 bridgehead atoms. The molecular formula is C16H21ClN2O. The zero-order valence-electron chi connectivity index (χ0n) is 12.1.